The second-order valence-corrected chi connectivity index (χ2v) is 3.51. The summed E-state index contributed by atoms with van der Waals surface area (Å²) in [7, 11) is 1.17. The lowest BCUT2D eigenvalue weighted by Gasteiger charge is -2.10. The molecule has 20 heavy (non-hydrogen) atoms. The minimum Gasteiger partial charge on any atom is -0.465 e. The molecule has 0 saturated heterocycles. The molecule has 0 N–H and O–H groups in total. The van der Waals surface area contributed by atoms with Gasteiger partial charge >= 0.3 is 17.9 Å². The summed E-state index contributed by atoms with van der Waals surface area (Å²) in [5.74, 6) is -2.40. The molecular weight excluding hydrogens is 266 g/mol. The van der Waals surface area contributed by atoms with Crippen LogP contribution in [0.2, 0.25) is 0 Å². The van der Waals surface area contributed by atoms with Crippen LogP contribution in [0.3, 0.4) is 0 Å². The third kappa shape index (κ3) is 3.31. The average Bonchev–Trinajstić information content (AvgIpc) is 2.46. The van der Waals surface area contributed by atoms with Gasteiger partial charge in [0, 0.05) is 6.20 Å². The van der Waals surface area contributed by atoms with Gasteiger partial charge in [-0.05, 0) is 19.9 Å². The van der Waals surface area contributed by atoms with Crippen LogP contribution in [-0.2, 0) is 14.2 Å². The number of pyridine rings is 1. The van der Waals surface area contributed by atoms with Crippen LogP contribution >= 0.6 is 0 Å². The van der Waals surface area contributed by atoms with E-state index in [0.29, 0.717) is 0 Å². The minimum atomic E-state index is -0.830. The quantitative estimate of drug-likeness (QED) is 0.591. The summed E-state index contributed by atoms with van der Waals surface area (Å²) in [5.41, 5.74) is -0.614. The third-order valence-electron chi connectivity index (χ3n) is 2.30. The maximum atomic E-state index is 11.9. The summed E-state index contributed by atoms with van der Waals surface area (Å²) < 4.78 is 14.2. The molecule has 0 spiro atoms. The van der Waals surface area contributed by atoms with Crippen molar-refractivity contribution in [3.05, 3.63) is 29.1 Å². The van der Waals surface area contributed by atoms with Gasteiger partial charge < -0.3 is 14.2 Å². The van der Waals surface area contributed by atoms with Gasteiger partial charge in [-0.15, -0.1) is 0 Å². The molecule has 0 bridgehead atoms. The molecular formula is C13H15NO6. The van der Waals surface area contributed by atoms with Crippen LogP contribution < -0.4 is 0 Å². The molecule has 0 atom stereocenters. The summed E-state index contributed by atoms with van der Waals surface area (Å²) in [4.78, 5) is 39.2. The Hall–Kier alpha value is -2.44. The predicted molar refractivity (Wildman–Crippen MR) is 67.5 cm³/mol. The van der Waals surface area contributed by atoms with Gasteiger partial charge in [-0.3, -0.25) is 0 Å². The highest BCUT2D eigenvalue weighted by atomic mass is 16.5. The van der Waals surface area contributed by atoms with Crippen LogP contribution in [-0.4, -0.2) is 43.2 Å². The number of nitrogens with zero attached hydrogens (tertiary/aromatic N) is 1. The molecule has 108 valence electrons. The van der Waals surface area contributed by atoms with Gasteiger partial charge in [0.2, 0.25) is 0 Å². The third-order valence-corrected chi connectivity index (χ3v) is 2.30. The minimum absolute atomic E-state index is 0.0935. The van der Waals surface area contributed by atoms with Crippen LogP contribution in [0.1, 0.15) is 45.1 Å². The lowest BCUT2D eigenvalue weighted by molar-refractivity contribution is 0.0464. The molecule has 1 aromatic heterocycles. The average molecular weight is 281 g/mol. The van der Waals surface area contributed by atoms with Crippen LogP contribution in [0.25, 0.3) is 0 Å². The lowest BCUT2D eigenvalue weighted by atomic mass is 10.1. The number of aromatic nitrogens is 1. The first-order chi connectivity index (χ1) is 9.56. The summed E-state index contributed by atoms with van der Waals surface area (Å²) >= 11 is 0. The largest absolute Gasteiger partial charge is 0.465 e. The number of ether oxygens (including phenoxy) is 3. The van der Waals surface area contributed by atoms with Crippen molar-refractivity contribution in [3.8, 4) is 0 Å². The molecule has 0 saturated carbocycles. The SMILES string of the molecule is CCOC(=O)c1nccc(C(=O)OC)c1C(=O)OCC. The number of carbonyl (C=O) groups is 3. The van der Waals surface area contributed by atoms with E-state index in [4.69, 9.17) is 9.47 Å². The Labute approximate surface area is 115 Å². The van der Waals surface area contributed by atoms with E-state index in [1.54, 1.807) is 13.8 Å². The number of hydrogen-bond acceptors (Lipinski definition) is 7. The van der Waals surface area contributed by atoms with Gasteiger partial charge in [-0.2, -0.15) is 0 Å². The van der Waals surface area contributed by atoms with Gasteiger partial charge in [0.1, 0.15) is 5.56 Å². The summed E-state index contributed by atoms with van der Waals surface area (Å²) in [5, 5.41) is 0. The Morgan fingerprint density at radius 1 is 1.05 bits per heavy atom. The smallest absolute Gasteiger partial charge is 0.357 e. The van der Waals surface area contributed by atoms with Crippen molar-refractivity contribution in [2.24, 2.45) is 0 Å². The van der Waals surface area contributed by atoms with E-state index < -0.39 is 17.9 Å². The van der Waals surface area contributed by atoms with Crippen molar-refractivity contribution < 1.29 is 28.6 Å². The molecule has 1 heterocycles. The standard InChI is InChI=1S/C13H15NO6/c1-4-19-12(16)9-8(11(15)18-3)6-7-14-10(9)13(17)20-5-2/h6-7H,4-5H2,1-3H3. The van der Waals surface area contributed by atoms with Gasteiger partial charge in [0.15, 0.2) is 5.69 Å². The second kappa shape index (κ2) is 7.22. The summed E-state index contributed by atoms with van der Waals surface area (Å²) in [6.45, 7) is 3.43. The molecule has 0 fully saturated rings. The lowest BCUT2D eigenvalue weighted by Crippen LogP contribution is -2.20. The van der Waals surface area contributed by atoms with E-state index in [9.17, 15) is 14.4 Å². The highest BCUT2D eigenvalue weighted by Crippen LogP contribution is 2.16. The predicted octanol–water partition coefficient (Wildman–Crippen LogP) is 1.22. The molecule has 0 unspecified atom stereocenters. The maximum absolute atomic E-state index is 11.9. The van der Waals surface area contributed by atoms with Crippen LogP contribution in [0.5, 0.6) is 0 Å². The first-order valence-corrected chi connectivity index (χ1v) is 5.98. The molecule has 0 aliphatic rings. The van der Waals surface area contributed by atoms with E-state index in [2.05, 4.69) is 9.72 Å². The molecule has 0 aliphatic heterocycles. The van der Waals surface area contributed by atoms with E-state index in [0.717, 1.165) is 0 Å². The number of methoxy groups -OCH3 is 1. The Balaban J connectivity index is 3.39. The fraction of sp³-hybridized carbons (Fsp3) is 0.385. The van der Waals surface area contributed by atoms with E-state index in [-0.39, 0.29) is 30.0 Å². The highest BCUT2D eigenvalue weighted by Gasteiger charge is 2.27. The van der Waals surface area contributed by atoms with Gasteiger partial charge in [0.05, 0.1) is 25.9 Å². The zero-order chi connectivity index (χ0) is 15.1. The molecule has 0 amide bonds. The zero-order valence-corrected chi connectivity index (χ0v) is 11.5. The topological polar surface area (TPSA) is 91.8 Å². The first kappa shape index (κ1) is 15.6. The maximum Gasteiger partial charge on any atom is 0.357 e. The zero-order valence-electron chi connectivity index (χ0n) is 11.5. The number of hydrogen-bond donors (Lipinski definition) is 0. The number of carbonyl (C=O) groups excluding carboxylic acids is 3. The van der Waals surface area contributed by atoms with Crippen LogP contribution in [0.4, 0.5) is 0 Å². The van der Waals surface area contributed by atoms with E-state index in [1.807, 2.05) is 0 Å². The van der Waals surface area contributed by atoms with Crippen molar-refractivity contribution in [2.75, 3.05) is 20.3 Å². The highest BCUT2D eigenvalue weighted by molar-refractivity contribution is 6.09. The Morgan fingerprint density at radius 2 is 1.65 bits per heavy atom. The van der Waals surface area contributed by atoms with E-state index >= 15 is 0 Å². The van der Waals surface area contributed by atoms with Crippen molar-refractivity contribution in [3.63, 3.8) is 0 Å². The Morgan fingerprint density at radius 3 is 2.20 bits per heavy atom. The monoisotopic (exact) mass is 281 g/mol. The molecule has 0 radical (unpaired) electrons. The van der Waals surface area contributed by atoms with Gasteiger partial charge in [-0.25, -0.2) is 19.4 Å². The number of esters is 3. The number of rotatable bonds is 5. The van der Waals surface area contributed by atoms with Gasteiger partial charge in [-0.1, -0.05) is 0 Å². The van der Waals surface area contributed by atoms with Crippen molar-refractivity contribution in [2.45, 2.75) is 13.8 Å². The summed E-state index contributed by atoms with van der Waals surface area (Å²) in [6.07, 6.45) is 1.22. The molecule has 1 rings (SSSR count). The first-order valence-electron chi connectivity index (χ1n) is 5.98. The molecule has 1 aromatic rings. The fourth-order valence-electron chi connectivity index (χ4n) is 1.51. The second-order valence-electron chi connectivity index (χ2n) is 3.51. The molecule has 0 aromatic carbocycles. The van der Waals surface area contributed by atoms with Crippen molar-refractivity contribution in [1.29, 1.82) is 0 Å². The summed E-state index contributed by atoms with van der Waals surface area (Å²) in [6, 6.07) is 1.28. The van der Waals surface area contributed by atoms with Crippen LogP contribution in [0, 0.1) is 0 Å². The Kier molecular flexibility index (Phi) is 5.64. The molecule has 0 aliphatic carbocycles. The fourth-order valence-corrected chi connectivity index (χ4v) is 1.51. The van der Waals surface area contributed by atoms with Crippen LogP contribution in [0.15, 0.2) is 12.3 Å². The molecule has 7 heteroatoms. The van der Waals surface area contributed by atoms with Gasteiger partial charge in [0.25, 0.3) is 0 Å². The van der Waals surface area contributed by atoms with Crippen molar-refractivity contribution in [1.82, 2.24) is 4.98 Å². The van der Waals surface area contributed by atoms with Crippen molar-refractivity contribution >= 4 is 17.9 Å². The Bertz CT molecular complexity index is 526. The van der Waals surface area contributed by atoms with E-state index in [1.165, 1.54) is 19.4 Å². The normalized spacial score (nSPS) is 9.75. The molecule has 7 nitrogen and oxygen atoms in total.